The number of H-pyrrole nitrogens is 1. The van der Waals surface area contributed by atoms with Gasteiger partial charge in [-0.3, -0.25) is 19.2 Å². The summed E-state index contributed by atoms with van der Waals surface area (Å²) in [4.78, 5) is 57.7. The van der Waals surface area contributed by atoms with E-state index in [4.69, 9.17) is 21.1 Å². The normalized spacial score (nSPS) is 22.2. The predicted octanol–water partition coefficient (Wildman–Crippen LogP) is 4.14. The van der Waals surface area contributed by atoms with Crippen LogP contribution in [-0.4, -0.2) is 65.8 Å². The number of halogens is 4. The highest BCUT2D eigenvalue weighted by Crippen LogP contribution is 2.55. The Kier molecular flexibility index (Phi) is 7.58. The number of aromatic nitrogens is 1. The Morgan fingerprint density at radius 1 is 1.10 bits per heavy atom. The number of anilines is 1. The van der Waals surface area contributed by atoms with Crippen molar-refractivity contribution < 1.29 is 37.0 Å². The maximum Gasteiger partial charge on any atom is 0.418 e. The number of nitrogens with one attached hydrogen (secondary N) is 1. The molecule has 0 bridgehead atoms. The van der Waals surface area contributed by atoms with Crippen molar-refractivity contribution in [3.05, 3.63) is 73.2 Å². The lowest BCUT2D eigenvalue weighted by atomic mass is 9.82. The summed E-state index contributed by atoms with van der Waals surface area (Å²) in [5.41, 5.74) is -1.36. The van der Waals surface area contributed by atoms with Crippen LogP contribution in [0.5, 0.6) is 5.75 Å². The highest BCUT2D eigenvalue weighted by Gasteiger charge is 2.57. The molecule has 220 valence electrons. The molecule has 2 saturated heterocycles. The number of thioether (sulfide) groups is 1. The molecule has 0 spiro atoms. The Morgan fingerprint density at radius 2 is 1.83 bits per heavy atom. The number of alkyl halides is 3. The van der Waals surface area contributed by atoms with E-state index >= 15 is 0 Å². The number of imide groups is 1. The maximum absolute atomic E-state index is 14.0. The van der Waals surface area contributed by atoms with E-state index in [0.717, 1.165) is 35.2 Å². The Hall–Kier alpha value is -3.33. The van der Waals surface area contributed by atoms with Crippen molar-refractivity contribution in [3.8, 4) is 5.75 Å². The fourth-order valence-corrected chi connectivity index (χ4v) is 8.12. The van der Waals surface area contributed by atoms with Crippen molar-refractivity contribution in [2.75, 3.05) is 37.8 Å². The lowest BCUT2D eigenvalue weighted by molar-refractivity contribution is -0.138. The number of morpholine rings is 1. The number of nitrogens with zero attached hydrogens (tertiary/aromatic N) is 2. The van der Waals surface area contributed by atoms with Gasteiger partial charge in [0.15, 0.2) is 6.61 Å². The van der Waals surface area contributed by atoms with Gasteiger partial charge in [-0.25, -0.2) is 4.90 Å². The van der Waals surface area contributed by atoms with Gasteiger partial charge in [-0.2, -0.15) is 13.2 Å². The summed E-state index contributed by atoms with van der Waals surface area (Å²) < 4.78 is 52.9. The van der Waals surface area contributed by atoms with E-state index in [-0.39, 0.29) is 23.3 Å². The van der Waals surface area contributed by atoms with Crippen LogP contribution in [0.3, 0.4) is 0 Å². The fraction of sp³-hybridized carbons (Fsp3) is 0.333. The Balaban J connectivity index is 1.41. The van der Waals surface area contributed by atoms with E-state index in [1.54, 1.807) is 4.90 Å². The Morgan fingerprint density at radius 3 is 2.57 bits per heavy atom. The maximum atomic E-state index is 14.0. The van der Waals surface area contributed by atoms with E-state index in [1.165, 1.54) is 30.3 Å². The first kappa shape index (κ1) is 28.8. The molecule has 2 aromatic carbocycles. The molecular weight excluding hydrogens is 619 g/mol. The van der Waals surface area contributed by atoms with E-state index < -0.39 is 51.2 Å². The standard InChI is InChI=1S/C27H21ClF3N3O6S2/c28-13-5-6-17(40-12-18(35)33-7-9-39-10-8-33)14(11-13)19-20-22(41-23-21(19)42-26(38)32-23)25(37)34(24(20)36)16-4-2-1-3-15(16)27(29,30)31/h1-6,11,19-20,22H,7-10,12H2,(H,32,38)/t19-,20-,22+/m0/s1. The Labute approximate surface area is 249 Å². The molecule has 1 aromatic heterocycles. The molecule has 1 N–H and O–H groups in total. The third kappa shape index (κ3) is 5.10. The second-order valence-electron chi connectivity index (χ2n) is 9.74. The van der Waals surface area contributed by atoms with Crippen LogP contribution in [0.1, 0.15) is 21.9 Å². The number of hydrogen-bond acceptors (Lipinski definition) is 8. The molecule has 2 fully saturated rings. The summed E-state index contributed by atoms with van der Waals surface area (Å²) >= 11 is 8.12. The zero-order valence-electron chi connectivity index (χ0n) is 21.5. The number of rotatable bonds is 5. The van der Waals surface area contributed by atoms with Crippen LogP contribution in [0, 0.1) is 5.92 Å². The van der Waals surface area contributed by atoms with Crippen molar-refractivity contribution in [1.29, 1.82) is 0 Å². The van der Waals surface area contributed by atoms with E-state index in [9.17, 15) is 32.3 Å². The summed E-state index contributed by atoms with van der Waals surface area (Å²) in [6.07, 6.45) is -4.82. The van der Waals surface area contributed by atoms with Crippen molar-refractivity contribution in [1.82, 2.24) is 9.88 Å². The first-order valence-electron chi connectivity index (χ1n) is 12.8. The van der Waals surface area contributed by atoms with Gasteiger partial charge in [0.2, 0.25) is 11.8 Å². The molecular formula is C27H21ClF3N3O6S2. The first-order chi connectivity index (χ1) is 20.0. The second-order valence-corrected chi connectivity index (χ2v) is 12.3. The number of amides is 3. The number of carbonyl (C=O) groups excluding carboxylic acids is 3. The molecule has 0 aliphatic carbocycles. The Bertz CT molecular complexity index is 1640. The molecule has 4 heterocycles. The third-order valence-electron chi connectivity index (χ3n) is 7.30. The van der Waals surface area contributed by atoms with Gasteiger partial charge >= 0.3 is 11.0 Å². The zero-order valence-corrected chi connectivity index (χ0v) is 23.9. The van der Waals surface area contributed by atoms with Crippen molar-refractivity contribution >= 4 is 58.1 Å². The van der Waals surface area contributed by atoms with Crippen molar-refractivity contribution in [2.45, 2.75) is 22.4 Å². The molecule has 42 heavy (non-hydrogen) atoms. The van der Waals surface area contributed by atoms with Crippen LogP contribution in [0.25, 0.3) is 0 Å². The summed E-state index contributed by atoms with van der Waals surface area (Å²) in [7, 11) is 0. The molecule has 3 atom stereocenters. The van der Waals surface area contributed by atoms with Crippen LogP contribution in [0.4, 0.5) is 18.9 Å². The minimum absolute atomic E-state index is 0.192. The number of thiazole rings is 1. The van der Waals surface area contributed by atoms with Gasteiger partial charge in [-0.15, -0.1) is 0 Å². The molecule has 9 nitrogen and oxygen atoms in total. The molecule has 3 aliphatic rings. The molecule has 6 rings (SSSR count). The largest absolute Gasteiger partial charge is 0.483 e. The van der Waals surface area contributed by atoms with Crippen LogP contribution >= 0.6 is 34.7 Å². The lowest BCUT2D eigenvalue weighted by Crippen LogP contribution is -2.43. The lowest BCUT2D eigenvalue weighted by Gasteiger charge is -2.31. The first-order valence-corrected chi connectivity index (χ1v) is 14.8. The fourth-order valence-electron chi connectivity index (χ4n) is 5.44. The molecule has 0 radical (unpaired) electrons. The average molecular weight is 640 g/mol. The topological polar surface area (TPSA) is 109 Å². The number of carbonyl (C=O) groups is 3. The second kappa shape index (κ2) is 11.1. The smallest absolute Gasteiger partial charge is 0.418 e. The van der Waals surface area contributed by atoms with Crippen LogP contribution in [0.15, 0.2) is 52.3 Å². The zero-order chi connectivity index (χ0) is 29.8. The van der Waals surface area contributed by atoms with Crippen LogP contribution in [-0.2, 0) is 25.3 Å². The van der Waals surface area contributed by atoms with Gasteiger partial charge < -0.3 is 19.4 Å². The van der Waals surface area contributed by atoms with Crippen molar-refractivity contribution in [2.24, 2.45) is 5.92 Å². The summed E-state index contributed by atoms with van der Waals surface area (Å²) in [5.74, 6) is -3.93. The van der Waals surface area contributed by atoms with E-state index in [2.05, 4.69) is 4.98 Å². The minimum Gasteiger partial charge on any atom is -0.483 e. The van der Waals surface area contributed by atoms with Crippen LogP contribution < -0.4 is 14.5 Å². The SMILES string of the molecule is O=C(COc1ccc(Cl)cc1[C@@H]1c2sc(=O)[nH]c2S[C@H]2C(=O)N(c3ccccc3C(F)(F)F)C(=O)[C@@H]12)N1CCOCC1. The number of benzene rings is 2. The van der Waals surface area contributed by atoms with E-state index in [0.29, 0.717) is 46.7 Å². The van der Waals surface area contributed by atoms with Gasteiger partial charge in [0, 0.05) is 34.5 Å². The van der Waals surface area contributed by atoms with Crippen molar-refractivity contribution in [3.63, 3.8) is 0 Å². The van der Waals surface area contributed by atoms with Crippen LogP contribution in [0.2, 0.25) is 5.02 Å². The summed E-state index contributed by atoms with van der Waals surface area (Å²) in [5, 5.41) is -0.547. The molecule has 0 unspecified atom stereocenters. The highest BCUT2D eigenvalue weighted by molar-refractivity contribution is 8.00. The third-order valence-corrected chi connectivity index (χ3v) is 9.93. The molecule has 3 amide bonds. The summed E-state index contributed by atoms with van der Waals surface area (Å²) in [6, 6.07) is 8.96. The van der Waals surface area contributed by atoms with Gasteiger partial charge in [-0.1, -0.05) is 46.8 Å². The van der Waals surface area contributed by atoms with Gasteiger partial charge in [-0.05, 0) is 30.3 Å². The monoisotopic (exact) mass is 639 g/mol. The predicted molar refractivity (Wildman–Crippen MR) is 148 cm³/mol. The highest BCUT2D eigenvalue weighted by atomic mass is 35.5. The number of ether oxygens (including phenoxy) is 2. The van der Waals surface area contributed by atoms with E-state index in [1.807, 2.05) is 0 Å². The number of hydrogen-bond donors (Lipinski definition) is 1. The number of fused-ring (bicyclic) bond motifs is 2. The molecule has 0 saturated carbocycles. The number of para-hydroxylation sites is 1. The quantitative estimate of drug-likeness (QED) is 0.418. The molecule has 3 aliphatic heterocycles. The minimum atomic E-state index is -4.82. The molecule has 3 aromatic rings. The van der Waals surface area contributed by atoms with Gasteiger partial charge in [0.05, 0.1) is 35.4 Å². The molecule has 15 heteroatoms. The summed E-state index contributed by atoms with van der Waals surface area (Å²) in [6.45, 7) is 1.29. The van der Waals surface area contributed by atoms with Gasteiger partial charge in [0.25, 0.3) is 5.91 Å². The number of aromatic amines is 1. The average Bonchev–Trinajstić information content (AvgIpc) is 3.46. The van der Waals surface area contributed by atoms with Gasteiger partial charge in [0.1, 0.15) is 11.0 Å².